The Kier molecular flexibility index (Phi) is 4.84. The van der Waals surface area contributed by atoms with Crippen molar-refractivity contribution in [2.75, 3.05) is 5.32 Å². The standard InChI is InChI=1S/C20H16F3NO2/c1-13(26-16-11-10-14-6-2-3-7-15(14)12-16)19(25)24-18-9-5-4-8-17(18)20(21,22)23/h2-13H,1H3,(H,24,25)/t13-/m1/s1. The van der Waals surface area contributed by atoms with E-state index >= 15 is 0 Å². The quantitative estimate of drug-likeness (QED) is 0.690. The Morgan fingerprint density at radius 2 is 1.62 bits per heavy atom. The third-order valence-electron chi connectivity index (χ3n) is 3.89. The van der Waals surface area contributed by atoms with Crippen molar-refractivity contribution < 1.29 is 22.7 Å². The van der Waals surface area contributed by atoms with Gasteiger partial charge in [-0.3, -0.25) is 4.79 Å². The summed E-state index contributed by atoms with van der Waals surface area (Å²) in [6.07, 6.45) is -5.51. The van der Waals surface area contributed by atoms with E-state index in [2.05, 4.69) is 5.32 Å². The van der Waals surface area contributed by atoms with E-state index in [1.54, 1.807) is 12.1 Å². The Labute approximate surface area is 148 Å². The second kappa shape index (κ2) is 7.07. The van der Waals surface area contributed by atoms with Gasteiger partial charge in [0.25, 0.3) is 5.91 Å². The zero-order valence-electron chi connectivity index (χ0n) is 13.9. The molecule has 3 aromatic carbocycles. The third kappa shape index (κ3) is 3.96. The molecular weight excluding hydrogens is 343 g/mol. The number of anilines is 1. The van der Waals surface area contributed by atoms with Gasteiger partial charge in [-0.25, -0.2) is 0 Å². The smallest absolute Gasteiger partial charge is 0.418 e. The summed E-state index contributed by atoms with van der Waals surface area (Å²) in [7, 11) is 0. The van der Waals surface area contributed by atoms with E-state index in [-0.39, 0.29) is 5.69 Å². The van der Waals surface area contributed by atoms with Gasteiger partial charge in [0.2, 0.25) is 0 Å². The molecule has 134 valence electrons. The molecule has 0 saturated heterocycles. The summed E-state index contributed by atoms with van der Waals surface area (Å²) in [6, 6.07) is 17.8. The highest BCUT2D eigenvalue weighted by Crippen LogP contribution is 2.34. The Bertz CT molecular complexity index is 937. The molecule has 0 fully saturated rings. The Balaban J connectivity index is 1.74. The molecule has 6 heteroatoms. The maximum Gasteiger partial charge on any atom is 0.418 e. The maximum absolute atomic E-state index is 13.0. The number of benzene rings is 3. The molecule has 0 aliphatic heterocycles. The molecule has 0 spiro atoms. The van der Waals surface area contributed by atoms with E-state index < -0.39 is 23.8 Å². The van der Waals surface area contributed by atoms with Crippen LogP contribution in [-0.4, -0.2) is 12.0 Å². The van der Waals surface area contributed by atoms with Gasteiger partial charge >= 0.3 is 6.18 Å². The van der Waals surface area contributed by atoms with Gasteiger partial charge in [0, 0.05) is 0 Å². The highest BCUT2D eigenvalue weighted by molar-refractivity contribution is 5.95. The normalized spacial score (nSPS) is 12.6. The van der Waals surface area contributed by atoms with Gasteiger partial charge in [-0.05, 0) is 42.0 Å². The van der Waals surface area contributed by atoms with Gasteiger partial charge in [-0.1, -0.05) is 42.5 Å². The van der Waals surface area contributed by atoms with Gasteiger partial charge < -0.3 is 10.1 Å². The molecule has 0 aliphatic rings. The number of rotatable bonds is 4. The first-order chi connectivity index (χ1) is 12.3. The van der Waals surface area contributed by atoms with Crippen molar-refractivity contribution in [2.45, 2.75) is 19.2 Å². The van der Waals surface area contributed by atoms with Crippen LogP contribution in [0.3, 0.4) is 0 Å². The fraction of sp³-hybridized carbons (Fsp3) is 0.150. The van der Waals surface area contributed by atoms with Crippen LogP contribution >= 0.6 is 0 Å². The predicted octanol–water partition coefficient (Wildman–Crippen LogP) is 5.26. The van der Waals surface area contributed by atoms with Gasteiger partial charge in [-0.2, -0.15) is 13.2 Å². The molecule has 0 unspecified atom stereocenters. The number of nitrogens with one attached hydrogen (secondary N) is 1. The van der Waals surface area contributed by atoms with E-state index in [0.717, 1.165) is 16.8 Å². The van der Waals surface area contributed by atoms with Crippen molar-refractivity contribution >= 4 is 22.4 Å². The lowest BCUT2D eigenvalue weighted by atomic mass is 10.1. The molecule has 0 aromatic heterocycles. The zero-order chi connectivity index (χ0) is 18.7. The Morgan fingerprint density at radius 1 is 0.962 bits per heavy atom. The van der Waals surface area contributed by atoms with E-state index in [9.17, 15) is 18.0 Å². The van der Waals surface area contributed by atoms with Gasteiger partial charge in [-0.15, -0.1) is 0 Å². The molecule has 0 radical (unpaired) electrons. The number of amides is 1. The van der Waals surface area contributed by atoms with Crippen LogP contribution < -0.4 is 10.1 Å². The molecule has 0 heterocycles. The van der Waals surface area contributed by atoms with Crippen LogP contribution in [0.5, 0.6) is 5.75 Å². The second-order valence-electron chi connectivity index (χ2n) is 5.80. The lowest BCUT2D eigenvalue weighted by Gasteiger charge is -2.17. The largest absolute Gasteiger partial charge is 0.481 e. The number of para-hydroxylation sites is 1. The minimum absolute atomic E-state index is 0.293. The number of ether oxygens (including phenoxy) is 1. The number of halogens is 3. The average Bonchev–Trinajstić information content (AvgIpc) is 2.61. The first-order valence-electron chi connectivity index (χ1n) is 7.97. The van der Waals surface area contributed by atoms with Crippen LogP contribution in [0.4, 0.5) is 18.9 Å². The summed E-state index contributed by atoms with van der Waals surface area (Å²) in [5.41, 5.74) is -1.19. The van der Waals surface area contributed by atoms with E-state index in [1.807, 2.05) is 30.3 Å². The van der Waals surface area contributed by atoms with Crippen LogP contribution in [0.1, 0.15) is 12.5 Å². The average molecular weight is 359 g/mol. The van der Waals surface area contributed by atoms with E-state index in [0.29, 0.717) is 5.75 Å². The van der Waals surface area contributed by atoms with Crippen LogP contribution in [0.2, 0.25) is 0 Å². The summed E-state index contributed by atoms with van der Waals surface area (Å²) in [4.78, 5) is 12.3. The molecule has 3 nitrogen and oxygen atoms in total. The monoisotopic (exact) mass is 359 g/mol. The second-order valence-corrected chi connectivity index (χ2v) is 5.80. The minimum Gasteiger partial charge on any atom is -0.481 e. The molecule has 0 aliphatic carbocycles. The molecule has 1 atom stereocenters. The van der Waals surface area contributed by atoms with Crippen molar-refractivity contribution in [2.24, 2.45) is 0 Å². The van der Waals surface area contributed by atoms with Crippen LogP contribution in [0.25, 0.3) is 10.8 Å². The molecule has 1 N–H and O–H groups in total. The zero-order valence-corrected chi connectivity index (χ0v) is 13.9. The highest BCUT2D eigenvalue weighted by Gasteiger charge is 2.34. The molecule has 3 aromatic rings. The number of fused-ring (bicyclic) bond motifs is 1. The van der Waals surface area contributed by atoms with Gasteiger partial charge in [0.15, 0.2) is 6.10 Å². The van der Waals surface area contributed by atoms with Crippen molar-refractivity contribution in [1.29, 1.82) is 0 Å². The topological polar surface area (TPSA) is 38.3 Å². The number of hydrogen-bond donors (Lipinski definition) is 1. The van der Waals surface area contributed by atoms with Crippen LogP contribution in [0, 0.1) is 0 Å². The summed E-state index contributed by atoms with van der Waals surface area (Å²) in [5, 5.41) is 4.26. The molecule has 3 rings (SSSR count). The van der Waals surface area contributed by atoms with E-state index in [1.165, 1.54) is 25.1 Å². The summed E-state index contributed by atoms with van der Waals surface area (Å²) < 4.78 is 44.6. The molecular formula is C20H16F3NO2. The van der Waals surface area contributed by atoms with Crippen molar-refractivity contribution in [1.82, 2.24) is 0 Å². The summed E-state index contributed by atoms with van der Waals surface area (Å²) >= 11 is 0. The first-order valence-corrected chi connectivity index (χ1v) is 7.97. The van der Waals surface area contributed by atoms with Gasteiger partial charge in [0.05, 0.1) is 11.3 Å². The maximum atomic E-state index is 13.0. The Morgan fingerprint density at radius 3 is 2.35 bits per heavy atom. The van der Waals surface area contributed by atoms with Gasteiger partial charge in [0.1, 0.15) is 5.75 Å². The highest BCUT2D eigenvalue weighted by atomic mass is 19.4. The van der Waals surface area contributed by atoms with Crippen LogP contribution in [0.15, 0.2) is 66.7 Å². The van der Waals surface area contributed by atoms with E-state index in [4.69, 9.17) is 4.74 Å². The summed E-state index contributed by atoms with van der Waals surface area (Å²) in [6.45, 7) is 1.49. The third-order valence-corrected chi connectivity index (χ3v) is 3.89. The number of carbonyl (C=O) groups excluding carboxylic acids is 1. The lowest BCUT2D eigenvalue weighted by Crippen LogP contribution is -2.31. The van der Waals surface area contributed by atoms with Crippen LogP contribution in [-0.2, 0) is 11.0 Å². The molecule has 1 amide bonds. The molecule has 26 heavy (non-hydrogen) atoms. The number of alkyl halides is 3. The van der Waals surface area contributed by atoms with Crippen molar-refractivity contribution in [3.05, 3.63) is 72.3 Å². The minimum atomic E-state index is -4.55. The van der Waals surface area contributed by atoms with Crippen molar-refractivity contribution in [3.63, 3.8) is 0 Å². The summed E-state index contributed by atoms with van der Waals surface area (Å²) in [5.74, 6) is -0.190. The predicted molar refractivity (Wildman–Crippen MR) is 94.1 cm³/mol. The fourth-order valence-corrected chi connectivity index (χ4v) is 2.57. The first kappa shape index (κ1) is 17.8. The molecule has 0 saturated carbocycles. The fourth-order valence-electron chi connectivity index (χ4n) is 2.57. The van der Waals surface area contributed by atoms with Crippen molar-refractivity contribution in [3.8, 4) is 5.75 Å². The lowest BCUT2D eigenvalue weighted by molar-refractivity contribution is -0.137. The number of hydrogen-bond acceptors (Lipinski definition) is 2. The SMILES string of the molecule is C[C@@H](Oc1ccc2ccccc2c1)C(=O)Nc1ccccc1C(F)(F)F. The number of carbonyl (C=O) groups is 1. The Hall–Kier alpha value is -3.02. The molecule has 0 bridgehead atoms.